The van der Waals surface area contributed by atoms with Crippen LogP contribution < -0.4 is 10.2 Å². The minimum Gasteiger partial charge on any atom is -0.350 e. The Balaban J connectivity index is 2.42. The lowest BCUT2D eigenvalue weighted by Crippen LogP contribution is -2.55. The van der Waals surface area contributed by atoms with Crippen molar-refractivity contribution in [3.8, 4) is 6.07 Å². The highest BCUT2D eigenvalue weighted by atomic mass is 15.4. The van der Waals surface area contributed by atoms with Crippen LogP contribution in [0.15, 0.2) is 0 Å². The number of aromatic nitrogens is 2. The summed E-state index contributed by atoms with van der Waals surface area (Å²) in [6.07, 6.45) is 0. The van der Waals surface area contributed by atoms with E-state index in [0.717, 1.165) is 24.6 Å². The summed E-state index contributed by atoms with van der Waals surface area (Å²) in [5.41, 5.74) is 1.51. The lowest BCUT2D eigenvalue weighted by molar-refractivity contribution is 0.418. The first kappa shape index (κ1) is 11.9. The SMILES string of the molecule is Cc1nn(C)c(N2CC(C)NCC2C)c1C#N. The second kappa shape index (κ2) is 4.38. The van der Waals surface area contributed by atoms with Gasteiger partial charge in [0.15, 0.2) is 0 Å². The van der Waals surface area contributed by atoms with E-state index in [2.05, 4.69) is 35.2 Å². The van der Waals surface area contributed by atoms with E-state index in [1.807, 2.05) is 18.7 Å². The number of nitrogens with one attached hydrogen (secondary N) is 1. The number of rotatable bonds is 1. The van der Waals surface area contributed by atoms with Crippen LogP contribution in [0.3, 0.4) is 0 Å². The van der Waals surface area contributed by atoms with Crippen LogP contribution in [0.5, 0.6) is 0 Å². The summed E-state index contributed by atoms with van der Waals surface area (Å²) in [6.45, 7) is 8.07. The number of anilines is 1. The molecule has 2 unspecified atom stereocenters. The first-order valence-corrected chi connectivity index (χ1v) is 5.98. The molecule has 0 radical (unpaired) electrons. The summed E-state index contributed by atoms with van der Waals surface area (Å²) in [5, 5.41) is 17.0. The maximum atomic E-state index is 9.25. The van der Waals surface area contributed by atoms with Gasteiger partial charge in [0.2, 0.25) is 0 Å². The molecule has 92 valence electrons. The van der Waals surface area contributed by atoms with Gasteiger partial charge in [-0.05, 0) is 20.8 Å². The molecular weight excluding hydrogens is 214 g/mol. The smallest absolute Gasteiger partial charge is 0.145 e. The van der Waals surface area contributed by atoms with E-state index < -0.39 is 0 Å². The minimum atomic E-state index is 0.382. The van der Waals surface area contributed by atoms with Crippen molar-refractivity contribution in [3.63, 3.8) is 0 Å². The summed E-state index contributed by atoms with van der Waals surface area (Å²) in [7, 11) is 1.91. The fraction of sp³-hybridized carbons (Fsp3) is 0.667. The normalized spacial score (nSPS) is 24.8. The molecule has 5 nitrogen and oxygen atoms in total. The predicted octanol–water partition coefficient (Wildman–Crippen LogP) is 0.787. The van der Waals surface area contributed by atoms with Crippen LogP contribution in [0.4, 0.5) is 5.82 Å². The summed E-state index contributed by atoms with van der Waals surface area (Å²) < 4.78 is 1.82. The van der Waals surface area contributed by atoms with Crippen molar-refractivity contribution >= 4 is 5.82 Å². The number of hydrogen-bond acceptors (Lipinski definition) is 4. The number of aryl methyl sites for hydroxylation is 2. The maximum Gasteiger partial charge on any atom is 0.145 e. The molecule has 0 bridgehead atoms. The van der Waals surface area contributed by atoms with E-state index in [1.54, 1.807) is 0 Å². The molecule has 1 N–H and O–H groups in total. The fourth-order valence-electron chi connectivity index (χ4n) is 2.42. The Hall–Kier alpha value is -1.54. The molecule has 1 aliphatic heterocycles. The molecule has 1 saturated heterocycles. The van der Waals surface area contributed by atoms with Gasteiger partial charge in [-0.1, -0.05) is 0 Å². The molecule has 17 heavy (non-hydrogen) atoms. The first-order valence-electron chi connectivity index (χ1n) is 5.98. The van der Waals surface area contributed by atoms with Gasteiger partial charge >= 0.3 is 0 Å². The van der Waals surface area contributed by atoms with Crippen LogP contribution in [0.25, 0.3) is 0 Å². The van der Waals surface area contributed by atoms with Gasteiger partial charge in [-0.3, -0.25) is 4.68 Å². The van der Waals surface area contributed by atoms with Gasteiger partial charge < -0.3 is 10.2 Å². The molecule has 0 saturated carbocycles. The molecule has 1 fully saturated rings. The van der Waals surface area contributed by atoms with Crippen LogP contribution in [0.1, 0.15) is 25.1 Å². The van der Waals surface area contributed by atoms with Crippen molar-refractivity contribution < 1.29 is 0 Å². The van der Waals surface area contributed by atoms with Gasteiger partial charge in [0, 0.05) is 32.2 Å². The topological polar surface area (TPSA) is 56.9 Å². The average Bonchev–Trinajstić information content (AvgIpc) is 2.56. The van der Waals surface area contributed by atoms with Gasteiger partial charge in [0.05, 0.1) is 5.69 Å². The van der Waals surface area contributed by atoms with Crippen molar-refractivity contribution in [3.05, 3.63) is 11.3 Å². The van der Waals surface area contributed by atoms with Crippen molar-refractivity contribution in [2.75, 3.05) is 18.0 Å². The van der Waals surface area contributed by atoms with E-state index in [0.29, 0.717) is 17.6 Å². The Kier molecular flexibility index (Phi) is 3.07. The Labute approximate surface area is 102 Å². The van der Waals surface area contributed by atoms with Crippen molar-refractivity contribution in [1.82, 2.24) is 15.1 Å². The molecular formula is C12H19N5. The molecule has 1 aromatic heterocycles. The van der Waals surface area contributed by atoms with Gasteiger partial charge in [0.25, 0.3) is 0 Å². The zero-order valence-electron chi connectivity index (χ0n) is 10.9. The Morgan fingerprint density at radius 2 is 2.18 bits per heavy atom. The third-order valence-corrected chi connectivity index (χ3v) is 3.34. The second-order valence-electron chi connectivity index (χ2n) is 4.83. The summed E-state index contributed by atoms with van der Waals surface area (Å²) in [6, 6.07) is 3.09. The zero-order chi connectivity index (χ0) is 12.6. The molecule has 5 heteroatoms. The Morgan fingerprint density at radius 3 is 2.82 bits per heavy atom. The van der Waals surface area contributed by atoms with Crippen molar-refractivity contribution in [1.29, 1.82) is 5.26 Å². The van der Waals surface area contributed by atoms with E-state index in [4.69, 9.17) is 0 Å². The monoisotopic (exact) mass is 233 g/mol. The lowest BCUT2D eigenvalue weighted by atomic mass is 10.1. The minimum absolute atomic E-state index is 0.382. The Bertz CT molecular complexity index is 456. The lowest BCUT2D eigenvalue weighted by Gasteiger charge is -2.39. The largest absolute Gasteiger partial charge is 0.350 e. The molecule has 2 atom stereocenters. The third kappa shape index (κ3) is 2.01. The number of hydrogen-bond donors (Lipinski definition) is 1. The fourth-order valence-corrected chi connectivity index (χ4v) is 2.42. The molecule has 1 aromatic rings. The summed E-state index contributed by atoms with van der Waals surface area (Å²) in [5.74, 6) is 0.950. The number of nitrogens with zero attached hydrogens (tertiary/aromatic N) is 4. The van der Waals surface area contributed by atoms with Crippen LogP contribution in [-0.2, 0) is 7.05 Å². The average molecular weight is 233 g/mol. The van der Waals surface area contributed by atoms with Crippen LogP contribution >= 0.6 is 0 Å². The maximum absolute atomic E-state index is 9.25. The highest BCUT2D eigenvalue weighted by Gasteiger charge is 2.28. The van der Waals surface area contributed by atoms with Gasteiger partial charge in [-0.15, -0.1) is 0 Å². The summed E-state index contributed by atoms with van der Waals surface area (Å²) >= 11 is 0. The highest BCUT2D eigenvalue weighted by molar-refractivity contribution is 5.58. The predicted molar refractivity (Wildman–Crippen MR) is 66.9 cm³/mol. The Morgan fingerprint density at radius 1 is 1.47 bits per heavy atom. The van der Waals surface area contributed by atoms with E-state index in [1.165, 1.54) is 0 Å². The first-order chi connectivity index (χ1) is 8.04. The second-order valence-corrected chi connectivity index (χ2v) is 4.83. The molecule has 0 amide bonds. The molecule has 0 spiro atoms. The molecule has 1 aliphatic rings. The van der Waals surface area contributed by atoms with Crippen LogP contribution in [0, 0.1) is 18.3 Å². The summed E-state index contributed by atoms with van der Waals surface area (Å²) in [4.78, 5) is 2.28. The van der Waals surface area contributed by atoms with Crippen molar-refractivity contribution in [2.24, 2.45) is 7.05 Å². The van der Waals surface area contributed by atoms with E-state index in [-0.39, 0.29) is 0 Å². The molecule has 2 rings (SSSR count). The van der Waals surface area contributed by atoms with Gasteiger partial charge in [-0.25, -0.2) is 0 Å². The molecule has 0 aromatic carbocycles. The third-order valence-electron chi connectivity index (χ3n) is 3.34. The van der Waals surface area contributed by atoms with Gasteiger partial charge in [0.1, 0.15) is 17.5 Å². The highest BCUT2D eigenvalue weighted by Crippen LogP contribution is 2.25. The van der Waals surface area contributed by atoms with E-state index >= 15 is 0 Å². The number of nitriles is 1. The molecule has 2 heterocycles. The molecule has 0 aliphatic carbocycles. The van der Waals surface area contributed by atoms with Gasteiger partial charge in [-0.2, -0.15) is 10.4 Å². The quantitative estimate of drug-likeness (QED) is 0.779. The standard InChI is InChI=1S/C12H19N5/c1-8-7-17(9(2)6-14-8)12-11(5-13)10(3)15-16(12)4/h8-9,14H,6-7H2,1-4H3. The zero-order valence-corrected chi connectivity index (χ0v) is 10.9. The van der Waals surface area contributed by atoms with Crippen molar-refractivity contribution in [2.45, 2.75) is 32.9 Å². The van der Waals surface area contributed by atoms with Crippen LogP contribution in [-0.4, -0.2) is 35.0 Å². The van der Waals surface area contributed by atoms with Crippen LogP contribution in [0.2, 0.25) is 0 Å². The van der Waals surface area contributed by atoms with E-state index in [9.17, 15) is 5.26 Å². The number of piperazine rings is 1.